The van der Waals surface area contributed by atoms with E-state index in [0.29, 0.717) is 18.9 Å². The molecule has 3 aliphatic rings. The van der Waals surface area contributed by atoms with Crippen molar-refractivity contribution in [3.8, 4) is 5.75 Å². The molecule has 0 aliphatic carbocycles. The average Bonchev–Trinajstić information content (AvgIpc) is 3.54. The first kappa shape index (κ1) is 24.5. The van der Waals surface area contributed by atoms with Crippen LogP contribution in [0.15, 0.2) is 36.4 Å². The monoisotopic (exact) mass is 481 g/mol. The minimum Gasteiger partial charge on any atom is -0.488 e. The van der Waals surface area contributed by atoms with Gasteiger partial charge in [-0.15, -0.1) is 0 Å². The van der Waals surface area contributed by atoms with Crippen molar-refractivity contribution in [2.45, 2.75) is 63.3 Å². The molecule has 3 N–H and O–H groups in total. The largest absolute Gasteiger partial charge is 0.488 e. The topological polar surface area (TPSA) is 87.1 Å². The fourth-order valence-electron chi connectivity index (χ4n) is 5.70. The lowest BCUT2D eigenvalue weighted by Crippen LogP contribution is -2.28. The Balaban J connectivity index is 1.15. The van der Waals surface area contributed by atoms with Gasteiger partial charge in [0, 0.05) is 44.1 Å². The van der Waals surface area contributed by atoms with Gasteiger partial charge in [0.1, 0.15) is 17.7 Å². The van der Waals surface area contributed by atoms with Crippen molar-refractivity contribution in [2.24, 2.45) is 5.92 Å². The molecule has 0 spiro atoms. The van der Waals surface area contributed by atoms with Gasteiger partial charge in [0.15, 0.2) is 6.29 Å². The predicted octanol–water partition coefficient (Wildman–Crippen LogP) is 3.35. The maximum absolute atomic E-state index is 9.78. The third kappa shape index (κ3) is 6.73. The van der Waals surface area contributed by atoms with Crippen LogP contribution in [0.2, 0.25) is 0 Å². The predicted molar refractivity (Wildman–Crippen MR) is 136 cm³/mol. The summed E-state index contributed by atoms with van der Waals surface area (Å²) in [4.78, 5) is 7.34. The number of anilines is 1. The molecule has 4 heterocycles. The summed E-state index contributed by atoms with van der Waals surface area (Å²) in [7, 11) is 0. The summed E-state index contributed by atoms with van der Waals surface area (Å²) in [6.45, 7) is 5.34. The van der Waals surface area contributed by atoms with Gasteiger partial charge in [0.25, 0.3) is 0 Å². The number of aromatic nitrogens is 1. The number of ether oxygens (including phenoxy) is 2. The van der Waals surface area contributed by atoms with Crippen LogP contribution in [0.5, 0.6) is 5.75 Å². The Kier molecular flexibility index (Phi) is 8.19. The Bertz CT molecular complexity index is 963. The summed E-state index contributed by atoms with van der Waals surface area (Å²) >= 11 is 0. The van der Waals surface area contributed by atoms with Crippen LogP contribution >= 0.6 is 0 Å². The number of nitrogens with zero attached hydrogens (tertiary/aromatic N) is 2. The van der Waals surface area contributed by atoms with Gasteiger partial charge in [-0.3, -0.25) is 0 Å². The van der Waals surface area contributed by atoms with Crippen molar-refractivity contribution in [3.05, 3.63) is 53.2 Å². The van der Waals surface area contributed by atoms with E-state index in [-0.39, 0.29) is 12.0 Å². The van der Waals surface area contributed by atoms with Gasteiger partial charge in [-0.25, -0.2) is 4.98 Å². The molecule has 0 amide bonds. The first-order valence-electron chi connectivity index (χ1n) is 13.3. The van der Waals surface area contributed by atoms with E-state index in [2.05, 4.69) is 34.5 Å². The van der Waals surface area contributed by atoms with Crippen molar-refractivity contribution in [2.75, 3.05) is 44.7 Å². The first-order valence-corrected chi connectivity index (χ1v) is 13.3. The van der Waals surface area contributed by atoms with Gasteiger partial charge in [-0.05, 0) is 73.9 Å². The zero-order valence-electron chi connectivity index (χ0n) is 20.6. The maximum atomic E-state index is 9.78. The molecule has 2 saturated heterocycles. The Morgan fingerprint density at radius 2 is 2.14 bits per heavy atom. The number of aliphatic hydroxyl groups excluding tert-OH is 1. The molecule has 7 nitrogen and oxygen atoms in total. The van der Waals surface area contributed by atoms with Crippen molar-refractivity contribution < 1.29 is 19.7 Å². The number of hydrogen-bond acceptors (Lipinski definition) is 7. The third-order valence-electron chi connectivity index (χ3n) is 7.62. The van der Waals surface area contributed by atoms with E-state index in [1.165, 1.54) is 24.1 Å². The number of likely N-dealkylation sites (tertiary alicyclic amines) is 1. The summed E-state index contributed by atoms with van der Waals surface area (Å²) in [6, 6.07) is 12.6. The SMILES string of the molecule is OC(O)C[C@H](CN1CC[C@@H](CCc2ccc3c(n2)NCCC3)C1)c1cccc(O[C@H]2CCOC2)c1. The second kappa shape index (κ2) is 11.7. The normalized spacial score (nSPS) is 23.3. The number of hydrogen-bond donors (Lipinski definition) is 3. The molecule has 2 fully saturated rings. The quantitative estimate of drug-likeness (QED) is 0.449. The molecule has 0 saturated carbocycles. The number of rotatable bonds is 10. The molecule has 7 heteroatoms. The fraction of sp³-hybridized carbons (Fsp3) is 0.607. The molecule has 0 unspecified atom stereocenters. The fourth-order valence-corrected chi connectivity index (χ4v) is 5.70. The van der Waals surface area contributed by atoms with Crippen LogP contribution in [0.1, 0.15) is 54.8 Å². The van der Waals surface area contributed by atoms with Gasteiger partial charge in [0.05, 0.1) is 13.2 Å². The molecule has 0 bridgehead atoms. The van der Waals surface area contributed by atoms with Crippen LogP contribution in [0.25, 0.3) is 0 Å². The average molecular weight is 482 g/mol. The summed E-state index contributed by atoms with van der Waals surface area (Å²) < 4.78 is 11.5. The van der Waals surface area contributed by atoms with Crippen molar-refractivity contribution in [1.29, 1.82) is 0 Å². The number of pyridine rings is 1. The molecular weight excluding hydrogens is 442 g/mol. The standard InChI is InChI=1S/C28H39N3O4/c32-27(33)16-23(22-3-1-5-25(15-22)35-26-11-14-34-19-26)18-31-13-10-20(17-31)6-8-24-9-7-21-4-2-12-29-28(21)30-24/h1,3,5,7,9,15,20,23,26-27,32-33H,2,4,6,8,10-14,16-19H2,(H,29,30)/t20-,23-,26+/m1/s1. The molecule has 35 heavy (non-hydrogen) atoms. The van der Waals surface area contributed by atoms with Crippen LogP contribution in [-0.2, 0) is 17.6 Å². The third-order valence-corrected chi connectivity index (χ3v) is 7.62. The Morgan fingerprint density at radius 1 is 1.20 bits per heavy atom. The summed E-state index contributed by atoms with van der Waals surface area (Å²) in [5.41, 5.74) is 3.63. The molecule has 3 aliphatic heterocycles. The minimum atomic E-state index is -1.32. The Labute approximate surface area is 208 Å². The van der Waals surface area contributed by atoms with Gasteiger partial charge in [-0.2, -0.15) is 0 Å². The summed E-state index contributed by atoms with van der Waals surface area (Å²) in [5.74, 6) is 2.61. The van der Waals surface area contributed by atoms with Crippen molar-refractivity contribution in [3.63, 3.8) is 0 Å². The van der Waals surface area contributed by atoms with Gasteiger partial charge < -0.3 is 29.9 Å². The first-order chi connectivity index (χ1) is 17.1. The van der Waals surface area contributed by atoms with E-state index in [9.17, 15) is 10.2 Å². The van der Waals surface area contributed by atoms with E-state index >= 15 is 0 Å². The van der Waals surface area contributed by atoms with Crippen molar-refractivity contribution >= 4 is 5.82 Å². The molecule has 1 aromatic heterocycles. The molecule has 0 radical (unpaired) electrons. The summed E-state index contributed by atoms with van der Waals surface area (Å²) in [5, 5.41) is 23.0. The Hall–Kier alpha value is -2.19. The highest BCUT2D eigenvalue weighted by Gasteiger charge is 2.27. The number of fused-ring (bicyclic) bond motifs is 1. The number of aliphatic hydroxyl groups is 2. The summed E-state index contributed by atoms with van der Waals surface area (Å²) in [6.07, 6.45) is 5.66. The molecule has 2 aromatic rings. The smallest absolute Gasteiger partial charge is 0.152 e. The molecular formula is C28H39N3O4. The second-order valence-electron chi connectivity index (χ2n) is 10.4. The zero-order chi connectivity index (χ0) is 24.0. The van der Waals surface area contributed by atoms with E-state index in [1.54, 1.807) is 0 Å². The highest BCUT2D eigenvalue weighted by atomic mass is 16.5. The highest BCUT2D eigenvalue weighted by molar-refractivity contribution is 5.47. The Morgan fingerprint density at radius 3 is 3.00 bits per heavy atom. The zero-order valence-corrected chi connectivity index (χ0v) is 20.6. The number of aryl methyl sites for hydroxylation is 2. The van der Waals surface area contributed by atoms with Gasteiger partial charge in [-0.1, -0.05) is 18.2 Å². The molecule has 5 rings (SSSR count). The van der Waals surface area contributed by atoms with Gasteiger partial charge >= 0.3 is 0 Å². The van der Waals surface area contributed by atoms with E-state index in [0.717, 1.165) is 75.6 Å². The molecule has 190 valence electrons. The van der Waals surface area contributed by atoms with Crippen LogP contribution in [0.3, 0.4) is 0 Å². The van der Waals surface area contributed by atoms with E-state index < -0.39 is 6.29 Å². The van der Waals surface area contributed by atoms with Crippen LogP contribution in [0, 0.1) is 5.92 Å². The minimum absolute atomic E-state index is 0.0468. The molecule has 3 atom stereocenters. The van der Waals surface area contributed by atoms with Gasteiger partial charge in [0.2, 0.25) is 0 Å². The van der Waals surface area contributed by atoms with E-state index in [4.69, 9.17) is 14.5 Å². The molecule has 1 aromatic carbocycles. The van der Waals surface area contributed by atoms with Crippen molar-refractivity contribution in [1.82, 2.24) is 9.88 Å². The van der Waals surface area contributed by atoms with Crippen LogP contribution in [-0.4, -0.2) is 71.9 Å². The van der Waals surface area contributed by atoms with E-state index in [1.807, 2.05) is 12.1 Å². The highest BCUT2D eigenvalue weighted by Crippen LogP contribution is 2.30. The lowest BCUT2D eigenvalue weighted by Gasteiger charge is -2.25. The second-order valence-corrected chi connectivity index (χ2v) is 10.4. The van der Waals surface area contributed by atoms with Crippen LogP contribution in [0.4, 0.5) is 5.82 Å². The number of nitrogens with one attached hydrogen (secondary N) is 1. The lowest BCUT2D eigenvalue weighted by atomic mass is 9.94. The number of benzene rings is 1. The lowest BCUT2D eigenvalue weighted by molar-refractivity contribution is -0.0513. The van der Waals surface area contributed by atoms with Crippen LogP contribution < -0.4 is 10.1 Å². The maximum Gasteiger partial charge on any atom is 0.152 e.